The molecular formula is C18H26N4O4S. The standard InChI is InChI=1S/C18H26N4O4S/c1-27(25,26)19-9-6-14(23)22-10-2-7-18(11-22)8-5-13-15(18)20-16(12-3-4-12)21-17(13)24/h12,19H,2-11H2,1H3,(H,20,21,24). The highest BCUT2D eigenvalue weighted by atomic mass is 32.2. The average Bonchev–Trinajstić information content (AvgIpc) is 3.39. The minimum Gasteiger partial charge on any atom is -0.342 e. The molecule has 4 rings (SSSR count). The first-order valence-corrected chi connectivity index (χ1v) is 11.5. The summed E-state index contributed by atoms with van der Waals surface area (Å²) < 4.78 is 24.7. The van der Waals surface area contributed by atoms with Crippen LogP contribution in [-0.2, 0) is 26.7 Å². The smallest absolute Gasteiger partial charge is 0.254 e. The summed E-state index contributed by atoms with van der Waals surface area (Å²) >= 11 is 0. The molecule has 148 valence electrons. The van der Waals surface area contributed by atoms with Crippen LogP contribution in [0, 0.1) is 0 Å². The lowest BCUT2D eigenvalue weighted by atomic mass is 9.77. The Morgan fingerprint density at radius 2 is 2.15 bits per heavy atom. The molecule has 0 radical (unpaired) electrons. The largest absolute Gasteiger partial charge is 0.342 e. The number of piperidine rings is 1. The summed E-state index contributed by atoms with van der Waals surface area (Å²) in [5.74, 6) is 1.14. The third-order valence-electron chi connectivity index (χ3n) is 5.99. The first-order chi connectivity index (χ1) is 12.8. The monoisotopic (exact) mass is 394 g/mol. The molecule has 1 aliphatic heterocycles. The van der Waals surface area contributed by atoms with Crippen molar-refractivity contribution in [2.75, 3.05) is 25.9 Å². The quantitative estimate of drug-likeness (QED) is 0.750. The number of rotatable bonds is 5. The van der Waals surface area contributed by atoms with Gasteiger partial charge >= 0.3 is 0 Å². The van der Waals surface area contributed by atoms with Gasteiger partial charge in [0.05, 0.1) is 11.9 Å². The third-order valence-corrected chi connectivity index (χ3v) is 6.71. The minimum atomic E-state index is -3.29. The highest BCUT2D eigenvalue weighted by molar-refractivity contribution is 7.88. The van der Waals surface area contributed by atoms with Crippen LogP contribution < -0.4 is 10.3 Å². The Balaban J connectivity index is 1.52. The van der Waals surface area contributed by atoms with Crippen LogP contribution in [0.4, 0.5) is 0 Å². The maximum absolute atomic E-state index is 12.6. The van der Waals surface area contributed by atoms with Gasteiger partial charge in [-0.1, -0.05) is 0 Å². The second-order valence-corrected chi connectivity index (χ2v) is 10.0. The van der Waals surface area contributed by atoms with E-state index in [2.05, 4.69) is 9.71 Å². The van der Waals surface area contributed by atoms with Gasteiger partial charge in [0, 0.05) is 43.0 Å². The molecule has 0 aromatic carbocycles. The molecule has 1 saturated carbocycles. The number of hydrogen-bond donors (Lipinski definition) is 2. The van der Waals surface area contributed by atoms with Crippen molar-refractivity contribution in [3.63, 3.8) is 0 Å². The zero-order chi connectivity index (χ0) is 19.2. The molecule has 1 atom stereocenters. The zero-order valence-electron chi connectivity index (χ0n) is 15.6. The first-order valence-electron chi connectivity index (χ1n) is 9.63. The summed E-state index contributed by atoms with van der Waals surface area (Å²) in [5, 5.41) is 0. The van der Waals surface area contributed by atoms with Crippen LogP contribution >= 0.6 is 0 Å². The maximum atomic E-state index is 12.6. The van der Waals surface area contributed by atoms with Gasteiger partial charge in [-0.2, -0.15) is 0 Å². The Labute approximate surface area is 158 Å². The number of carbonyl (C=O) groups is 1. The maximum Gasteiger partial charge on any atom is 0.254 e. The predicted molar refractivity (Wildman–Crippen MR) is 100 cm³/mol. The first kappa shape index (κ1) is 18.6. The fraction of sp³-hybridized carbons (Fsp3) is 0.722. The van der Waals surface area contributed by atoms with Gasteiger partial charge in [-0.15, -0.1) is 0 Å². The number of sulfonamides is 1. The molecule has 9 heteroatoms. The SMILES string of the molecule is CS(=O)(=O)NCCC(=O)N1CCCC2(CCc3c2nc(C2CC2)[nH]c3=O)C1. The molecule has 1 saturated heterocycles. The molecule has 27 heavy (non-hydrogen) atoms. The van der Waals surface area contributed by atoms with Gasteiger partial charge in [0.15, 0.2) is 0 Å². The number of aromatic nitrogens is 2. The molecule has 1 aromatic rings. The van der Waals surface area contributed by atoms with E-state index in [0.717, 1.165) is 55.4 Å². The van der Waals surface area contributed by atoms with Gasteiger partial charge < -0.3 is 9.88 Å². The molecule has 2 fully saturated rings. The Morgan fingerprint density at radius 3 is 2.85 bits per heavy atom. The molecule has 2 aliphatic carbocycles. The summed E-state index contributed by atoms with van der Waals surface area (Å²) in [6.45, 7) is 1.35. The van der Waals surface area contributed by atoms with Crippen molar-refractivity contribution in [3.8, 4) is 0 Å². The predicted octanol–water partition coefficient (Wildman–Crippen LogP) is 0.393. The highest BCUT2D eigenvalue weighted by Crippen LogP contribution is 2.45. The van der Waals surface area contributed by atoms with Crippen molar-refractivity contribution in [1.82, 2.24) is 19.6 Å². The van der Waals surface area contributed by atoms with Gasteiger partial charge in [-0.25, -0.2) is 18.1 Å². The van der Waals surface area contributed by atoms with Crippen molar-refractivity contribution in [1.29, 1.82) is 0 Å². The molecule has 0 bridgehead atoms. The number of likely N-dealkylation sites (tertiary alicyclic amines) is 1. The Kier molecular flexibility index (Phi) is 4.62. The van der Waals surface area contributed by atoms with Gasteiger partial charge in [0.1, 0.15) is 5.82 Å². The molecule has 1 spiro atoms. The number of hydrogen-bond acceptors (Lipinski definition) is 5. The Morgan fingerprint density at radius 1 is 1.37 bits per heavy atom. The molecular weight excluding hydrogens is 368 g/mol. The van der Waals surface area contributed by atoms with Gasteiger partial charge in [-0.05, 0) is 38.5 Å². The van der Waals surface area contributed by atoms with E-state index in [9.17, 15) is 18.0 Å². The van der Waals surface area contributed by atoms with Crippen LogP contribution in [0.25, 0.3) is 0 Å². The molecule has 1 unspecified atom stereocenters. The highest BCUT2D eigenvalue weighted by Gasteiger charge is 2.46. The number of nitrogens with one attached hydrogen (secondary N) is 2. The van der Waals surface area contributed by atoms with E-state index in [4.69, 9.17) is 4.98 Å². The van der Waals surface area contributed by atoms with Crippen molar-refractivity contribution in [2.45, 2.75) is 56.3 Å². The topological polar surface area (TPSA) is 112 Å². The van der Waals surface area contributed by atoms with Crippen molar-refractivity contribution >= 4 is 15.9 Å². The number of amides is 1. The van der Waals surface area contributed by atoms with Crippen LogP contribution in [0.3, 0.4) is 0 Å². The van der Waals surface area contributed by atoms with E-state index in [1.807, 2.05) is 4.90 Å². The van der Waals surface area contributed by atoms with E-state index >= 15 is 0 Å². The van der Waals surface area contributed by atoms with E-state index in [-0.39, 0.29) is 29.8 Å². The number of aromatic amines is 1. The van der Waals surface area contributed by atoms with Crippen molar-refractivity contribution < 1.29 is 13.2 Å². The van der Waals surface area contributed by atoms with Crippen LogP contribution in [0.15, 0.2) is 4.79 Å². The van der Waals surface area contributed by atoms with E-state index in [1.54, 1.807) is 0 Å². The van der Waals surface area contributed by atoms with E-state index in [0.29, 0.717) is 25.4 Å². The molecule has 2 N–H and O–H groups in total. The van der Waals surface area contributed by atoms with Crippen LogP contribution in [0.2, 0.25) is 0 Å². The Bertz CT molecular complexity index is 922. The minimum absolute atomic E-state index is 0.0143. The molecule has 8 nitrogen and oxygen atoms in total. The van der Waals surface area contributed by atoms with Crippen LogP contribution in [0.1, 0.15) is 61.5 Å². The van der Waals surface area contributed by atoms with Crippen LogP contribution in [0.5, 0.6) is 0 Å². The molecule has 1 amide bonds. The Hall–Kier alpha value is -1.74. The fourth-order valence-corrected chi connectivity index (χ4v) is 4.93. The lowest BCUT2D eigenvalue weighted by Crippen LogP contribution is -2.48. The number of H-pyrrole nitrogens is 1. The number of carbonyl (C=O) groups excluding carboxylic acids is 1. The summed E-state index contributed by atoms with van der Waals surface area (Å²) in [6.07, 6.45) is 6.75. The zero-order valence-corrected chi connectivity index (χ0v) is 16.4. The van der Waals surface area contributed by atoms with Crippen molar-refractivity contribution in [3.05, 3.63) is 27.4 Å². The van der Waals surface area contributed by atoms with Gasteiger partial charge in [-0.3, -0.25) is 9.59 Å². The van der Waals surface area contributed by atoms with Crippen LogP contribution in [-0.4, -0.2) is 55.1 Å². The lowest BCUT2D eigenvalue weighted by Gasteiger charge is -2.40. The van der Waals surface area contributed by atoms with E-state index in [1.165, 1.54) is 0 Å². The third kappa shape index (κ3) is 3.80. The fourth-order valence-electron chi connectivity index (χ4n) is 4.46. The second-order valence-electron chi connectivity index (χ2n) is 8.17. The number of nitrogens with zero attached hydrogens (tertiary/aromatic N) is 2. The number of fused-ring (bicyclic) bond motifs is 2. The summed E-state index contributed by atoms with van der Waals surface area (Å²) in [7, 11) is -3.29. The average molecular weight is 394 g/mol. The van der Waals surface area contributed by atoms with E-state index < -0.39 is 10.0 Å². The summed E-state index contributed by atoms with van der Waals surface area (Å²) in [5.41, 5.74) is 1.44. The second kappa shape index (κ2) is 6.70. The molecule has 3 aliphatic rings. The van der Waals surface area contributed by atoms with Gasteiger partial charge in [0.25, 0.3) is 5.56 Å². The summed E-state index contributed by atoms with van der Waals surface area (Å²) in [6, 6.07) is 0. The van der Waals surface area contributed by atoms with Crippen molar-refractivity contribution in [2.24, 2.45) is 0 Å². The van der Waals surface area contributed by atoms with Gasteiger partial charge in [0.2, 0.25) is 15.9 Å². The molecule has 1 aromatic heterocycles. The molecule has 2 heterocycles. The summed E-state index contributed by atoms with van der Waals surface area (Å²) in [4.78, 5) is 34.7. The lowest BCUT2D eigenvalue weighted by molar-refractivity contribution is -0.133. The normalized spacial score (nSPS) is 25.0.